The summed E-state index contributed by atoms with van der Waals surface area (Å²) in [5, 5.41) is 0. The molecule has 1 aromatic carbocycles. The van der Waals surface area contributed by atoms with Crippen LogP contribution in [0.4, 0.5) is 14.7 Å². The molecule has 0 spiro atoms. The van der Waals surface area contributed by atoms with E-state index < -0.39 is 23.2 Å². The third-order valence-electron chi connectivity index (χ3n) is 4.53. The highest BCUT2D eigenvalue weighted by Crippen LogP contribution is 2.20. The van der Waals surface area contributed by atoms with Crippen LogP contribution in [0.3, 0.4) is 0 Å². The van der Waals surface area contributed by atoms with Gasteiger partial charge in [0.05, 0.1) is 25.4 Å². The van der Waals surface area contributed by atoms with E-state index in [1.54, 1.807) is 4.90 Å². The highest BCUT2D eigenvalue weighted by molar-refractivity contribution is 5.91. The Morgan fingerprint density at radius 1 is 1.41 bits per heavy atom. The van der Waals surface area contributed by atoms with Gasteiger partial charge in [-0.2, -0.15) is 4.39 Å². The van der Waals surface area contributed by atoms with Crippen LogP contribution in [0.1, 0.15) is 28.8 Å². The molecule has 144 valence electrons. The molecule has 9 heteroatoms. The van der Waals surface area contributed by atoms with E-state index in [0.717, 1.165) is 35.7 Å². The molecule has 0 aliphatic carbocycles. The van der Waals surface area contributed by atoms with Crippen molar-refractivity contribution in [2.24, 2.45) is 5.73 Å². The minimum absolute atomic E-state index is 0.0889. The summed E-state index contributed by atoms with van der Waals surface area (Å²) in [6.45, 7) is 0.844. The highest BCUT2D eigenvalue weighted by atomic mass is 19.1. The van der Waals surface area contributed by atoms with Crippen LogP contribution < -0.4 is 16.2 Å². The number of ether oxygens (including phenoxy) is 1. The van der Waals surface area contributed by atoms with Crippen molar-refractivity contribution < 1.29 is 18.3 Å². The topological polar surface area (TPSA) is 90.4 Å². The van der Waals surface area contributed by atoms with Crippen molar-refractivity contribution in [2.45, 2.75) is 25.4 Å². The molecule has 27 heavy (non-hydrogen) atoms. The van der Waals surface area contributed by atoms with Gasteiger partial charge >= 0.3 is 5.97 Å². The summed E-state index contributed by atoms with van der Waals surface area (Å²) in [5.74, 6) is -2.06. The predicted octanol–water partition coefficient (Wildman–Crippen LogP) is 1.28. The Kier molecular flexibility index (Phi) is 5.50. The van der Waals surface area contributed by atoms with E-state index in [0.29, 0.717) is 13.1 Å². The number of hydrogen-bond acceptors (Lipinski definition) is 6. The second-order valence-corrected chi connectivity index (χ2v) is 6.44. The van der Waals surface area contributed by atoms with E-state index in [9.17, 15) is 18.4 Å². The van der Waals surface area contributed by atoms with E-state index in [1.807, 2.05) is 0 Å². The van der Waals surface area contributed by atoms with Gasteiger partial charge in [0.2, 0.25) is 11.8 Å². The smallest absolute Gasteiger partial charge is 0.338 e. The lowest BCUT2D eigenvalue weighted by atomic mass is 10.1. The molecule has 1 aliphatic heterocycles. The molecule has 1 fully saturated rings. The van der Waals surface area contributed by atoms with Crippen molar-refractivity contribution in [3.8, 4) is 0 Å². The lowest BCUT2D eigenvalue weighted by Crippen LogP contribution is -2.45. The largest absolute Gasteiger partial charge is 0.465 e. The molecule has 0 bridgehead atoms. The molecule has 3 rings (SSSR count). The second-order valence-electron chi connectivity index (χ2n) is 6.44. The third-order valence-corrected chi connectivity index (χ3v) is 4.53. The molecule has 0 unspecified atom stereocenters. The maximum absolute atomic E-state index is 13.9. The first kappa shape index (κ1) is 19.0. The zero-order valence-corrected chi connectivity index (χ0v) is 14.8. The summed E-state index contributed by atoms with van der Waals surface area (Å²) in [6.07, 6.45) is 2.52. The number of halogens is 2. The first-order valence-corrected chi connectivity index (χ1v) is 8.53. The standard InChI is InChI=1S/C18H20F2N4O3/c1-27-17(26)14-5-4-12(19)7-11(14)9-24-16(25)15(20)8-22-18(24)23-6-2-3-13(21)10-23/h4-5,7-8,13H,2-3,6,9-10,21H2,1H3/t13-/m1/s1. The predicted molar refractivity (Wildman–Crippen MR) is 94.7 cm³/mol. The van der Waals surface area contributed by atoms with Crippen molar-refractivity contribution in [1.82, 2.24) is 9.55 Å². The van der Waals surface area contributed by atoms with Crippen LogP contribution in [0.2, 0.25) is 0 Å². The average molecular weight is 378 g/mol. The number of nitrogens with zero attached hydrogens (tertiary/aromatic N) is 3. The highest BCUT2D eigenvalue weighted by Gasteiger charge is 2.23. The fourth-order valence-electron chi connectivity index (χ4n) is 3.22. The number of anilines is 1. The number of carbonyl (C=O) groups is 1. The SMILES string of the molecule is COC(=O)c1ccc(F)cc1Cn1c(N2CCC[C@@H](N)C2)ncc(F)c1=O. The van der Waals surface area contributed by atoms with Crippen molar-refractivity contribution >= 4 is 11.9 Å². The molecule has 1 atom stereocenters. The van der Waals surface area contributed by atoms with Gasteiger partial charge in [0.1, 0.15) is 5.82 Å². The Morgan fingerprint density at radius 2 is 2.19 bits per heavy atom. The number of aromatic nitrogens is 2. The van der Waals surface area contributed by atoms with Gasteiger partial charge in [0.25, 0.3) is 5.56 Å². The Balaban J connectivity index is 2.07. The number of nitrogens with two attached hydrogens (primary N) is 1. The number of piperidine rings is 1. The molecule has 0 amide bonds. The van der Waals surface area contributed by atoms with Gasteiger partial charge in [-0.3, -0.25) is 9.36 Å². The summed E-state index contributed by atoms with van der Waals surface area (Å²) in [6, 6.07) is 3.42. The molecular weight excluding hydrogens is 358 g/mol. The van der Waals surface area contributed by atoms with Crippen LogP contribution in [-0.4, -0.2) is 41.8 Å². The zero-order chi connectivity index (χ0) is 19.6. The quantitative estimate of drug-likeness (QED) is 0.807. The van der Waals surface area contributed by atoms with Crippen LogP contribution >= 0.6 is 0 Å². The molecule has 7 nitrogen and oxygen atoms in total. The number of carbonyl (C=O) groups excluding carboxylic acids is 1. The van der Waals surface area contributed by atoms with Gasteiger partial charge in [-0.25, -0.2) is 14.2 Å². The monoisotopic (exact) mass is 378 g/mol. The van der Waals surface area contributed by atoms with Crippen molar-refractivity contribution in [1.29, 1.82) is 0 Å². The first-order valence-electron chi connectivity index (χ1n) is 8.53. The van der Waals surface area contributed by atoms with E-state index in [2.05, 4.69) is 4.98 Å². The van der Waals surface area contributed by atoms with E-state index >= 15 is 0 Å². The van der Waals surface area contributed by atoms with Gasteiger partial charge in [-0.05, 0) is 36.6 Å². The Hall–Kier alpha value is -2.81. The molecule has 0 radical (unpaired) electrons. The summed E-state index contributed by atoms with van der Waals surface area (Å²) in [7, 11) is 1.20. The fourth-order valence-corrected chi connectivity index (χ4v) is 3.22. The summed E-state index contributed by atoms with van der Waals surface area (Å²) < 4.78 is 33.4. The van der Waals surface area contributed by atoms with Crippen LogP contribution in [-0.2, 0) is 11.3 Å². The molecule has 1 aromatic heterocycles. The van der Waals surface area contributed by atoms with Crippen molar-refractivity contribution in [2.75, 3.05) is 25.1 Å². The number of methoxy groups -OCH3 is 1. The average Bonchev–Trinajstić information content (AvgIpc) is 2.65. The van der Waals surface area contributed by atoms with Crippen molar-refractivity contribution in [3.05, 3.63) is 57.5 Å². The number of esters is 1. The maximum atomic E-state index is 13.9. The van der Waals surface area contributed by atoms with Crippen LogP contribution in [0.25, 0.3) is 0 Å². The molecule has 0 saturated carbocycles. The van der Waals surface area contributed by atoms with E-state index in [1.165, 1.54) is 13.2 Å². The van der Waals surface area contributed by atoms with Gasteiger partial charge in [0.15, 0.2) is 0 Å². The van der Waals surface area contributed by atoms with Gasteiger partial charge in [-0.15, -0.1) is 0 Å². The summed E-state index contributed by atoms with van der Waals surface area (Å²) in [4.78, 5) is 30.3. The maximum Gasteiger partial charge on any atom is 0.338 e. The molecule has 1 saturated heterocycles. The second kappa shape index (κ2) is 7.83. The Morgan fingerprint density at radius 3 is 2.89 bits per heavy atom. The van der Waals surface area contributed by atoms with Crippen LogP contribution in [0.5, 0.6) is 0 Å². The summed E-state index contributed by atoms with van der Waals surface area (Å²) >= 11 is 0. The van der Waals surface area contributed by atoms with Crippen molar-refractivity contribution in [3.63, 3.8) is 0 Å². The minimum Gasteiger partial charge on any atom is -0.465 e. The minimum atomic E-state index is -1.03. The Labute approximate surface area is 154 Å². The Bertz CT molecular complexity index is 916. The molecule has 1 aliphatic rings. The number of hydrogen-bond donors (Lipinski definition) is 1. The number of benzene rings is 1. The summed E-state index contributed by atoms with van der Waals surface area (Å²) in [5.41, 5.74) is 5.38. The first-order chi connectivity index (χ1) is 12.9. The number of rotatable bonds is 4. The third kappa shape index (κ3) is 3.97. The van der Waals surface area contributed by atoms with Crippen LogP contribution in [0, 0.1) is 11.6 Å². The molecule has 2 N–H and O–H groups in total. The molecule has 2 aromatic rings. The van der Waals surface area contributed by atoms with Gasteiger partial charge < -0.3 is 15.4 Å². The lowest BCUT2D eigenvalue weighted by molar-refractivity contribution is 0.0599. The van der Waals surface area contributed by atoms with E-state index in [4.69, 9.17) is 10.5 Å². The lowest BCUT2D eigenvalue weighted by Gasteiger charge is -2.32. The van der Waals surface area contributed by atoms with Crippen LogP contribution in [0.15, 0.2) is 29.2 Å². The molecular formula is C18H20F2N4O3. The molecule has 2 heterocycles. The fraction of sp³-hybridized carbons (Fsp3) is 0.389. The van der Waals surface area contributed by atoms with Gasteiger partial charge in [0, 0.05) is 19.1 Å². The van der Waals surface area contributed by atoms with Gasteiger partial charge in [-0.1, -0.05) is 0 Å². The zero-order valence-electron chi connectivity index (χ0n) is 14.8. The van der Waals surface area contributed by atoms with E-state index in [-0.39, 0.29) is 29.7 Å². The normalized spacial score (nSPS) is 17.0.